The van der Waals surface area contributed by atoms with Gasteiger partial charge in [-0.05, 0) is 35.6 Å². The van der Waals surface area contributed by atoms with E-state index < -0.39 is 12.0 Å². The van der Waals surface area contributed by atoms with E-state index in [1.807, 2.05) is 43.0 Å². The number of nitrogens with two attached hydrogens (primary N) is 1. The van der Waals surface area contributed by atoms with Crippen LogP contribution in [0.1, 0.15) is 22.3 Å². The molecule has 0 amide bonds. The Kier molecular flexibility index (Phi) is 6.04. The fourth-order valence-electron chi connectivity index (χ4n) is 2.22. The quantitative estimate of drug-likeness (QED) is 0.822. The molecular weight excluding hydrogens is 294 g/mol. The monoisotopic (exact) mass is 315 g/mol. The van der Waals surface area contributed by atoms with Crippen molar-refractivity contribution in [1.82, 2.24) is 0 Å². The zero-order chi connectivity index (χ0) is 15.9. The van der Waals surface area contributed by atoms with E-state index >= 15 is 0 Å². The molecule has 0 heterocycles. The molecule has 0 fully saturated rings. The summed E-state index contributed by atoms with van der Waals surface area (Å²) in [7, 11) is 0. The number of aryl methyl sites for hydroxylation is 1. The number of hydrogen-bond donors (Lipinski definition) is 2. The van der Waals surface area contributed by atoms with E-state index in [0.29, 0.717) is 6.42 Å². The minimum atomic E-state index is -0.955. The summed E-state index contributed by atoms with van der Waals surface area (Å²) in [5.41, 5.74) is 10.3. The van der Waals surface area contributed by atoms with Crippen LogP contribution in [0.4, 0.5) is 0 Å². The molecule has 2 aromatic carbocycles. The lowest BCUT2D eigenvalue weighted by molar-refractivity contribution is -0.138. The lowest BCUT2D eigenvalue weighted by Crippen LogP contribution is -2.32. The second kappa shape index (κ2) is 8.01. The van der Waals surface area contributed by atoms with Crippen LogP contribution in [0.3, 0.4) is 0 Å². The van der Waals surface area contributed by atoms with E-state index in [0.717, 1.165) is 22.6 Å². The van der Waals surface area contributed by atoms with Crippen LogP contribution in [-0.2, 0) is 22.7 Å². The number of hydrogen-bond acceptors (Lipinski definition) is 3. The van der Waals surface area contributed by atoms with E-state index in [2.05, 4.69) is 24.3 Å². The summed E-state index contributed by atoms with van der Waals surface area (Å²) in [6, 6.07) is 15.7. The van der Waals surface area contributed by atoms with Gasteiger partial charge in [-0.2, -0.15) is 11.8 Å². The number of rotatable bonds is 7. The lowest BCUT2D eigenvalue weighted by atomic mass is 9.99. The van der Waals surface area contributed by atoms with Crippen LogP contribution < -0.4 is 5.73 Å². The van der Waals surface area contributed by atoms with Gasteiger partial charge in [0, 0.05) is 11.5 Å². The van der Waals surface area contributed by atoms with Crippen LogP contribution in [-0.4, -0.2) is 17.1 Å². The van der Waals surface area contributed by atoms with Gasteiger partial charge in [0.15, 0.2) is 0 Å². The van der Waals surface area contributed by atoms with Crippen molar-refractivity contribution >= 4 is 17.7 Å². The van der Waals surface area contributed by atoms with Gasteiger partial charge in [-0.3, -0.25) is 4.79 Å². The molecule has 0 aromatic heterocycles. The molecule has 2 rings (SSSR count). The molecule has 0 saturated heterocycles. The molecule has 3 nitrogen and oxygen atoms in total. The third-order valence-corrected chi connectivity index (χ3v) is 4.63. The van der Waals surface area contributed by atoms with Crippen molar-refractivity contribution < 1.29 is 9.90 Å². The van der Waals surface area contributed by atoms with Crippen LogP contribution in [0.2, 0.25) is 0 Å². The van der Waals surface area contributed by atoms with E-state index in [-0.39, 0.29) is 0 Å². The van der Waals surface area contributed by atoms with Gasteiger partial charge < -0.3 is 10.8 Å². The third kappa shape index (κ3) is 4.90. The van der Waals surface area contributed by atoms with Gasteiger partial charge in [0.1, 0.15) is 6.04 Å². The molecule has 4 heteroatoms. The molecule has 2 aromatic rings. The Morgan fingerprint density at radius 3 is 2.50 bits per heavy atom. The summed E-state index contributed by atoms with van der Waals surface area (Å²) in [5.74, 6) is 0.923. The summed E-state index contributed by atoms with van der Waals surface area (Å²) in [6.07, 6.45) is 0.373. The van der Waals surface area contributed by atoms with E-state index in [1.165, 1.54) is 11.1 Å². The molecule has 0 radical (unpaired) electrons. The first-order valence-corrected chi connectivity index (χ1v) is 8.40. The molecule has 0 aliphatic rings. The smallest absolute Gasteiger partial charge is 0.320 e. The predicted molar refractivity (Wildman–Crippen MR) is 91.9 cm³/mol. The van der Waals surface area contributed by atoms with Crippen LogP contribution >= 0.6 is 11.8 Å². The average molecular weight is 315 g/mol. The Bertz CT molecular complexity index is 628. The highest BCUT2D eigenvalue weighted by molar-refractivity contribution is 7.97. The zero-order valence-corrected chi connectivity index (χ0v) is 13.5. The highest BCUT2D eigenvalue weighted by Gasteiger charge is 2.13. The summed E-state index contributed by atoms with van der Waals surface area (Å²) in [4.78, 5) is 10.9. The number of benzene rings is 2. The fourth-order valence-corrected chi connectivity index (χ4v) is 3.17. The highest BCUT2D eigenvalue weighted by atomic mass is 32.2. The molecule has 22 heavy (non-hydrogen) atoms. The first-order chi connectivity index (χ1) is 10.6. The van der Waals surface area contributed by atoms with Gasteiger partial charge in [0.05, 0.1) is 0 Å². The predicted octanol–water partition coefficient (Wildman–Crippen LogP) is 3.38. The van der Waals surface area contributed by atoms with Crippen molar-refractivity contribution in [3.8, 4) is 0 Å². The standard InChI is InChI=1S/C18H21NO2S/c1-13-7-8-15(9-16(13)10-17(19)18(20)21)12-22-11-14-5-3-2-4-6-14/h2-9,17H,10-12,19H2,1H3,(H,20,21). The molecular formula is C18H21NO2S. The summed E-state index contributed by atoms with van der Waals surface area (Å²) in [6.45, 7) is 1.99. The Morgan fingerprint density at radius 1 is 1.14 bits per heavy atom. The SMILES string of the molecule is Cc1ccc(CSCc2ccccc2)cc1CC(N)C(=O)O. The van der Waals surface area contributed by atoms with E-state index in [1.54, 1.807) is 0 Å². The average Bonchev–Trinajstić information content (AvgIpc) is 2.51. The van der Waals surface area contributed by atoms with Gasteiger partial charge in [-0.15, -0.1) is 0 Å². The Balaban J connectivity index is 1.95. The van der Waals surface area contributed by atoms with Crippen LogP contribution in [0.5, 0.6) is 0 Å². The van der Waals surface area contributed by atoms with Crippen molar-refractivity contribution in [3.05, 3.63) is 70.8 Å². The number of carbonyl (C=O) groups is 1. The molecule has 116 valence electrons. The second-order valence-corrected chi connectivity index (χ2v) is 6.37. The minimum absolute atomic E-state index is 0.373. The van der Waals surface area contributed by atoms with Gasteiger partial charge >= 0.3 is 5.97 Å². The summed E-state index contributed by atoms with van der Waals surface area (Å²) >= 11 is 1.85. The second-order valence-electron chi connectivity index (χ2n) is 5.39. The maximum atomic E-state index is 10.9. The van der Waals surface area contributed by atoms with Gasteiger partial charge in [0.25, 0.3) is 0 Å². The fraction of sp³-hybridized carbons (Fsp3) is 0.278. The van der Waals surface area contributed by atoms with Crippen molar-refractivity contribution in [2.24, 2.45) is 5.73 Å². The first kappa shape index (κ1) is 16.6. The highest BCUT2D eigenvalue weighted by Crippen LogP contribution is 2.20. The zero-order valence-electron chi connectivity index (χ0n) is 12.7. The molecule has 0 saturated carbocycles. The largest absolute Gasteiger partial charge is 0.480 e. The van der Waals surface area contributed by atoms with Gasteiger partial charge in [0.2, 0.25) is 0 Å². The maximum absolute atomic E-state index is 10.9. The summed E-state index contributed by atoms with van der Waals surface area (Å²) in [5, 5.41) is 8.94. The number of carboxylic acids is 1. The van der Waals surface area contributed by atoms with Gasteiger partial charge in [-0.25, -0.2) is 0 Å². The van der Waals surface area contributed by atoms with Crippen molar-refractivity contribution in [1.29, 1.82) is 0 Å². The van der Waals surface area contributed by atoms with Crippen LogP contribution in [0.15, 0.2) is 48.5 Å². The topological polar surface area (TPSA) is 63.3 Å². The molecule has 0 bridgehead atoms. The van der Waals surface area contributed by atoms with Crippen LogP contribution in [0, 0.1) is 6.92 Å². The first-order valence-electron chi connectivity index (χ1n) is 7.24. The summed E-state index contributed by atoms with van der Waals surface area (Å²) < 4.78 is 0. The number of aliphatic carboxylic acids is 1. The molecule has 3 N–H and O–H groups in total. The Hall–Kier alpha value is -1.78. The van der Waals surface area contributed by atoms with Crippen molar-refractivity contribution in [3.63, 3.8) is 0 Å². The number of carboxylic acid groups (broad SMARTS) is 1. The van der Waals surface area contributed by atoms with Crippen LogP contribution in [0.25, 0.3) is 0 Å². The Morgan fingerprint density at radius 2 is 1.82 bits per heavy atom. The number of thioether (sulfide) groups is 1. The Labute approximate surface area is 135 Å². The molecule has 1 unspecified atom stereocenters. The third-order valence-electron chi connectivity index (χ3n) is 3.55. The maximum Gasteiger partial charge on any atom is 0.320 e. The lowest BCUT2D eigenvalue weighted by Gasteiger charge is -2.11. The van der Waals surface area contributed by atoms with E-state index in [4.69, 9.17) is 10.8 Å². The van der Waals surface area contributed by atoms with E-state index in [9.17, 15) is 4.79 Å². The molecule has 0 spiro atoms. The van der Waals surface area contributed by atoms with Crippen molar-refractivity contribution in [2.45, 2.75) is 30.9 Å². The molecule has 0 aliphatic carbocycles. The van der Waals surface area contributed by atoms with Crippen molar-refractivity contribution in [2.75, 3.05) is 0 Å². The molecule has 0 aliphatic heterocycles. The minimum Gasteiger partial charge on any atom is -0.480 e. The normalized spacial score (nSPS) is 12.1. The van der Waals surface area contributed by atoms with Gasteiger partial charge in [-0.1, -0.05) is 48.5 Å². The molecule has 1 atom stereocenters.